The molecule has 0 saturated carbocycles. The zero-order valence-corrected chi connectivity index (χ0v) is 12.2. The average molecular weight is 287 g/mol. The highest BCUT2D eigenvalue weighted by molar-refractivity contribution is 7.89. The second kappa shape index (κ2) is 5.87. The summed E-state index contributed by atoms with van der Waals surface area (Å²) in [6.45, 7) is 1.84. The van der Waals surface area contributed by atoms with E-state index in [0.717, 1.165) is 0 Å². The van der Waals surface area contributed by atoms with E-state index >= 15 is 0 Å². The number of nitrogens with two attached hydrogens (primary N) is 1. The van der Waals surface area contributed by atoms with E-state index in [0.29, 0.717) is 6.54 Å². The van der Waals surface area contributed by atoms with Gasteiger partial charge in [0.2, 0.25) is 10.0 Å². The van der Waals surface area contributed by atoms with Gasteiger partial charge in [-0.1, -0.05) is 12.1 Å². The first kappa shape index (κ1) is 15.9. The first-order chi connectivity index (χ1) is 8.64. The van der Waals surface area contributed by atoms with Crippen LogP contribution in [0, 0.1) is 0 Å². The number of rotatable bonds is 6. The maximum atomic E-state index is 12.1. The van der Waals surface area contributed by atoms with Crippen molar-refractivity contribution in [3.8, 4) is 0 Å². The van der Waals surface area contributed by atoms with Crippen molar-refractivity contribution < 1.29 is 13.5 Å². The molecule has 0 aliphatic rings. The molecule has 1 unspecified atom stereocenters. The molecule has 0 bridgehead atoms. The standard InChI is InChI=1S/C12H21N3O3S/c1-12(16,9-15(2)3)8-14-19(17,18)11-7-5-4-6-10(11)13/h4-7,14,16H,8-9,13H2,1-3H3. The van der Waals surface area contributed by atoms with E-state index in [2.05, 4.69) is 4.72 Å². The Balaban J connectivity index is 2.80. The lowest BCUT2D eigenvalue weighted by molar-refractivity contribution is 0.0386. The zero-order chi connectivity index (χ0) is 14.7. The maximum absolute atomic E-state index is 12.1. The fourth-order valence-corrected chi connectivity index (χ4v) is 3.08. The largest absolute Gasteiger partial charge is 0.398 e. The molecular weight excluding hydrogens is 266 g/mol. The van der Waals surface area contributed by atoms with Crippen LogP contribution in [-0.2, 0) is 10.0 Å². The second-order valence-electron chi connectivity index (χ2n) is 5.10. The van der Waals surface area contributed by atoms with Crippen molar-refractivity contribution in [2.75, 3.05) is 32.9 Å². The van der Waals surface area contributed by atoms with E-state index in [1.54, 1.807) is 38.1 Å². The van der Waals surface area contributed by atoms with Gasteiger partial charge in [0.1, 0.15) is 4.90 Å². The minimum absolute atomic E-state index is 0.0238. The molecule has 1 rings (SSSR count). The number of hydrogen-bond donors (Lipinski definition) is 3. The maximum Gasteiger partial charge on any atom is 0.242 e. The van der Waals surface area contributed by atoms with E-state index in [9.17, 15) is 13.5 Å². The van der Waals surface area contributed by atoms with Crippen LogP contribution in [0.15, 0.2) is 29.2 Å². The van der Waals surface area contributed by atoms with Crippen LogP contribution >= 0.6 is 0 Å². The highest BCUT2D eigenvalue weighted by atomic mass is 32.2. The summed E-state index contributed by atoms with van der Waals surface area (Å²) in [5, 5.41) is 10.1. The molecule has 0 spiro atoms. The van der Waals surface area contributed by atoms with E-state index < -0.39 is 15.6 Å². The molecule has 0 amide bonds. The third-order valence-electron chi connectivity index (χ3n) is 2.51. The van der Waals surface area contributed by atoms with Crippen molar-refractivity contribution in [1.82, 2.24) is 9.62 Å². The molecular formula is C12H21N3O3S. The number of nitrogens with one attached hydrogen (secondary N) is 1. The number of benzene rings is 1. The van der Waals surface area contributed by atoms with Gasteiger partial charge < -0.3 is 15.7 Å². The van der Waals surface area contributed by atoms with E-state index in [1.165, 1.54) is 12.1 Å². The van der Waals surface area contributed by atoms with Crippen molar-refractivity contribution in [1.29, 1.82) is 0 Å². The monoisotopic (exact) mass is 287 g/mol. The Kier molecular flexibility index (Phi) is 4.92. The van der Waals surface area contributed by atoms with E-state index in [-0.39, 0.29) is 17.1 Å². The summed E-state index contributed by atoms with van der Waals surface area (Å²) in [6, 6.07) is 6.21. The summed E-state index contributed by atoms with van der Waals surface area (Å²) in [6.07, 6.45) is 0. The quantitative estimate of drug-likeness (QED) is 0.633. The summed E-state index contributed by atoms with van der Waals surface area (Å²) in [5.74, 6) is 0. The van der Waals surface area contributed by atoms with Crippen molar-refractivity contribution in [3.63, 3.8) is 0 Å². The van der Waals surface area contributed by atoms with Crippen LogP contribution in [0.5, 0.6) is 0 Å². The number of sulfonamides is 1. The lowest BCUT2D eigenvalue weighted by Crippen LogP contribution is -2.47. The smallest absolute Gasteiger partial charge is 0.242 e. The summed E-state index contributed by atoms with van der Waals surface area (Å²) in [4.78, 5) is 1.81. The van der Waals surface area contributed by atoms with Crippen LogP contribution < -0.4 is 10.5 Å². The van der Waals surface area contributed by atoms with Crippen LogP contribution in [0.4, 0.5) is 5.69 Å². The fourth-order valence-electron chi connectivity index (χ4n) is 1.79. The van der Waals surface area contributed by atoms with Gasteiger partial charge in [-0.15, -0.1) is 0 Å². The normalized spacial score (nSPS) is 15.4. The average Bonchev–Trinajstić information content (AvgIpc) is 2.25. The van der Waals surface area contributed by atoms with E-state index in [1.807, 2.05) is 0 Å². The Hall–Kier alpha value is -1.15. The third-order valence-corrected chi connectivity index (χ3v) is 3.98. The molecule has 1 atom stereocenters. The highest BCUT2D eigenvalue weighted by Gasteiger charge is 2.25. The lowest BCUT2D eigenvalue weighted by Gasteiger charge is -2.27. The second-order valence-corrected chi connectivity index (χ2v) is 6.83. The molecule has 7 heteroatoms. The van der Waals surface area contributed by atoms with Gasteiger partial charge >= 0.3 is 0 Å². The Morgan fingerprint density at radius 2 is 1.95 bits per heavy atom. The molecule has 6 nitrogen and oxygen atoms in total. The lowest BCUT2D eigenvalue weighted by atomic mass is 10.1. The van der Waals surface area contributed by atoms with Crippen LogP contribution in [0.25, 0.3) is 0 Å². The number of aliphatic hydroxyl groups is 1. The van der Waals surface area contributed by atoms with Crippen molar-refractivity contribution >= 4 is 15.7 Å². The molecule has 0 aromatic heterocycles. The summed E-state index contributed by atoms with van der Waals surface area (Å²) >= 11 is 0. The van der Waals surface area contributed by atoms with Crippen LogP contribution in [0.3, 0.4) is 0 Å². The topological polar surface area (TPSA) is 95.7 Å². The first-order valence-electron chi connectivity index (χ1n) is 5.85. The number of nitrogens with zero attached hydrogens (tertiary/aromatic N) is 1. The Morgan fingerprint density at radius 3 is 2.47 bits per heavy atom. The summed E-state index contributed by atoms with van der Waals surface area (Å²) < 4.78 is 26.5. The molecule has 1 aromatic carbocycles. The van der Waals surface area contributed by atoms with Crippen molar-refractivity contribution in [2.45, 2.75) is 17.4 Å². The molecule has 0 aliphatic heterocycles. The molecule has 0 saturated heterocycles. The third kappa shape index (κ3) is 4.79. The molecule has 4 N–H and O–H groups in total. The zero-order valence-electron chi connectivity index (χ0n) is 11.4. The number of hydrogen-bond acceptors (Lipinski definition) is 5. The van der Waals surface area contributed by atoms with Crippen LogP contribution in [0.2, 0.25) is 0 Å². The van der Waals surface area contributed by atoms with E-state index in [4.69, 9.17) is 5.73 Å². The van der Waals surface area contributed by atoms with Crippen molar-refractivity contribution in [3.05, 3.63) is 24.3 Å². The number of anilines is 1. The fraction of sp³-hybridized carbons (Fsp3) is 0.500. The minimum atomic E-state index is -3.71. The van der Waals surface area contributed by atoms with Gasteiger partial charge in [0, 0.05) is 13.1 Å². The van der Waals surface area contributed by atoms with Gasteiger partial charge in [-0.25, -0.2) is 13.1 Å². The Labute approximate surface area is 114 Å². The predicted octanol–water partition coefficient (Wildman–Crippen LogP) is -0.140. The van der Waals surface area contributed by atoms with Gasteiger partial charge in [-0.05, 0) is 33.2 Å². The van der Waals surface area contributed by atoms with Crippen molar-refractivity contribution in [2.24, 2.45) is 0 Å². The summed E-state index contributed by atoms with van der Waals surface area (Å²) in [7, 11) is -0.106. The molecule has 19 heavy (non-hydrogen) atoms. The number of para-hydroxylation sites is 1. The summed E-state index contributed by atoms with van der Waals surface area (Å²) in [5.41, 5.74) is 4.67. The molecule has 0 radical (unpaired) electrons. The molecule has 0 aliphatic carbocycles. The van der Waals surface area contributed by atoms with Crippen LogP contribution in [0.1, 0.15) is 6.92 Å². The Bertz CT molecular complexity index is 527. The molecule has 108 valence electrons. The van der Waals surface area contributed by atoms with Gasteiger partial charge in [-0.2, -0.15) is 0 Å². The highest BCUT2D eigenvalue weighted by Crippen LogP contribution is 2.17. The van der Waals surface area contributed by atoms with Crippen LogP contribution in [-0.4, -0.2) is 51.2 Å². The minimum Gasteiger partial charge on any atom is -0.398 e. The van der Waals surface area contributed by atoms with Gasteiger partial charge in [0.15, 0.2) is 0 Å². The number of nitrogen functional groups attached to an aromatic ring is 1. The molecule has 0 fully saturated rings. The Morgan fingerprint density at radius 1 is 1.37 bits per heavy atom. The molecule has 1 aromatic rings. The van der Waals surface area contributed by atoms with Gasteiger partial charge in [-0.3, -0.25) is 0 Å². The van der Waals surface area contributed by atoms with Gasteiger partial charge in [0.25, 0.3) is 0 Å². The molecule has 0 heterocycles. The predicted molar refractivity (Wildman–Crippen MR) is 75.2 cm³/mol. The SMILES string of the molecule is CN(C)CC(C)(O)CNS(=O)(=O)c1ccccc1N. The van der Waals surface area contributed by atoms with Gasteiger partial charge in [0.05, 0.1) is 11.3 Å². The first-order valence-corrected chi connectivity index (χ1v) is 7.34. The number of likely N-dealkylation sites (N-methyl/N-ethyl adjacent to an activating group) is 1.